The number of piperazine rings is 1. The first kappa shape index (κ1) is 14.0. The Morgan fingerprint density at radius 1 is 1.31 bits per heavy atom. The maximum Gasteiger partial charge on any atom is 0.0253 e. The molecule has 1 fully saturated rings. The van der Waals surface area contributed by atoms with Crippen LogP contribution in [0.4, 0.5) is 0 Å². The molecule has 3 atom stereocenters. The molecule has 16 heavy (non-hydrogen) atoms. The van der Waals surface area contributed by atoms with Crippen molar-refractivity contribution in [3.8, 4) is 0 Å². The van der Waals surface area contributed by atoms with Gasteiger partial charge in [0, 0.05) is 30.7 Å². The van der Waals surface area contributed by atoms with E-state index in [0.717, 1.165) is 18.5 Å². The number of nitrogens with zero attached hydrogens (tertiary/aromatic N) is 1. The zero-order valence-electron chi connectivity index (χ0n) is 12.0. The lowest BCUT2D eigenvalue weighted by molar-refractivity contribution is 0.0369. The summed E-state index contributed by atoms with van der Waals surface area (Å²) in [5, 5.41) is 3.66. The Kier molecular flexibility index (Phi) is 4.81. The fraction of sp³-hybridized carbons (Fsp3) is 1.00. The lowest BCUT2D eigenvalue weighted by Crippen LogP contribution is -2.64. The van der Waals surface area contributed by atoms with Gasteiger partial charge in [-0.15, -0.1) is 0 Å². The van der Waals surface area contributed by atoms with Crippen molar-refractivity contribution in [2.24, 2.45) is 5.92 Å². The van der Waals surface area contributed by atoms with Gasteiger partial charge >= 0.3 is 0 Å². The van der Waals surface area contributed by atoms with E-state index in [4.69, 9.17) is 0 Å². The molecule has 0 amide bonds. The van der Waals surface area contributed by atoms with Gasteiger partial charge in [-0.25, -0.2) is 0 Å². The second-order valence-electron chi connectivity index (χ2n) is 6.13. The Balaban J connectivity index is 2.71. The summed E-state index contributed by atoms with van der Waals surface area (Å²) in [7, 11) is 0. The fourth-order valence-electron chi connectivity index (χ4n) is 2.68. The van der Waals surface area contributed by atoms with E-state index < -0.39 is 0 Å². The smallest absolute Gasteiger partial charge is 0.0253 e. The van der Waals surface area contributed by atoms with Crippen LogP contribution in [0.5, 0.6) is 0 Å². The summed E-state index contributed by atoms with van der Waals surface area (Å²) in [5.41, 5.74) is 0.271. The van der Waals surface area contributed by atoms with E-state index in [1.807, 2.05) is 0 Å². The van der Waals surface area contributed by atoms with Crippen LogP contribution in [0.25, 0.3) is 0 Å². The molecule has 3 unspecified atom stereocenters. The van der Waals surface area contributed by atoms with Crippen LogP contribution in [-0.2, 0) is 0 Å². The van der Waals surface area contributed by atoms with Gasteiger partial charge in [-0.1, -0.05) is 27.2 Å². The zero-order valence-corrected chi connectivity index (χ0v) is 12.0. The quantitative estimate of drug-likeness (QED) is 0.793. The Hall–Kier alpha value is -0.0800. The van der Waals surface area contributed by atoms with Crippen LogP contribution in [-0.4, -0.2) is 35.6 Å². The van der Waals surface area contributed by atoms with Gasteiger partial charge in [-0.2, -0.15) is 0 Å². The molecule has 0 aromatic heterocycles. The molecule has 0 radical (unpaired) electrons. The van der Waals surface area contributed by atoms with Gasteiger partial charge in [0.1, 0.15) is 0 Å². The van der Waals surface area contributed by atoms with Crippen molar-refractivity contribution in [3.63, 3.8) is 0 Å². The fourth-order valence-corrected chi connectivity index (χ4v) is 2.68. The maximum atomic E-state index is 3.66. The van der Waals surface area contributed by atoms with Crippen molar-refractivity contribution in [1.82, 2.24) is 10.2 Å². The number of nitrogens with one attached hydrogen (secondary N) is 1. The average molecular weight is 226 g/mol. The molecule has 0 bridgehead atoms. The zero-order chi connectivity index (χ0) is 12.3. The van der Waals surface area contributed by atoms with E-state index in [1.165, 1.54) is 19.4 Å². The third-order valence-electron chi connectivity index (χ3n) is 4.32. The Morgan fingerprint density at radius 3 is 2.44 bits per heavy atom. The minimum Gasteiger partial charge on any atom is -0.309 e. The van der Waals surface area contributed by atoms with Crippen LogP contribution >= 0.6 is 0 Å². The molecule has 0 spiro atoms. The van der Waals surface area contributed by atoms with Crippen LogP contribution in [0.2, 0.25) is 0 Å². The molecule has 1 saturated heterocycles. The topological polar surface area (TPSA) is 15.3 Å². The first-order valence-electron chi connectivity index (χ1n) is 6.92. The molecule has 2 nitrogen and oxygen atoms in total. The van der Waals surface area contributed by atoms with Gasteiger partial charge < -0.3 is 5.32 Å². The van der Waals surface area contributed by atoms with Gasteiger partial charge in [0.15, 0.2) is 0 Å². The van der Waals surface area contributed by atoms with Crippen molar-refractivity contribution in [1.29, 1.82) is 0 Å². The third-order valence-corrected chi connectivity index (χ3v) is 4.32. The Morgan fingerprint density at radius 2 is 1.94 bits per heavy atom. The molecule has 1 aliphatic heterocycles. The largest absolute Gasteiger partial charge is 0.309 e. The van der Waals surface area contributed by atoms with E-state index in [2.05, 4.69) is 51.8 Å². The molecule has 0 aliphatic carbocycles. The summed E-state index contributed by atoms with van der Waals surface area (Å²) in [5.74, 6) is 0.794. The highest BCUT2D eigenvalue weighted by molar-refractivity contribution is 4.94. The highest BCUT2D eigenvalue weighted by Crippen LogP contribution is 2.24. The number of hydrogen-bond donors (Lipinski definition) is 1. The predicted molar refractivity (Wildman–Crippen MR) is 71.8 cm³/mol. The standard InChI is InChI=1S/C14H30N2/c1-7-11(3)12(4)16-10-14(5,6)15-9-13(16)8-2/h11-13,15H,7-10H2,1-6H3. The molecule has 0 aromatic rings. The summed E-state index contributed by atoms with van der Waals surface area (Å²) in [6, 6.07) is 1.42. The lowest BCUT2D eigenvalue weighted by Gasteiger charge is -2.48. The SMILES string of the molecule is CCC(C)C(C)N1CC(C)(C)NCC1CC. The average Bonchev–Trinajstić information content (AvgIpc) is 2.26. The van der Waals surface area contributed by atoms with Gasteiger partial charge in [-0.05, 0) is 33.1 Å². The molecule has 96 valence electrons. The van der Waals surface area contributed by atoms with Gasteiger partial charge in [0.2, 0.25) is 0 Å². The molecule has 0 aromatic carbocycles. The maximum absolute atomic E-state index is 3.66. The van der Waals surface area contributed by atoms with Crippen LogP contribution in [0, 0.1) is 5.92 Å². The van der Waals surface area contributed by atoms with Crippen molar-refractivity contribution >= 4 is 0 Å². The van der Waals surface area contributed by atoms with E-state index >= 15 is 0 Å². The minimum atomic E-state index is 0.271. The molecular formula is C14H30N2. The molecule has 1 heterocycles. The summed E-state index contributed by atoms with van der Waals surface area (Å²) < 4.78 is 0. The van der Waals surface area contributed by atoms with E-state index in [1.54, 1.807) is 0 Å². The van der Waals surface area contributed by atoms with E-state index in [-0.39, 0.29) is 5.54 Å². The van der Waals surface area contributed by atoms with Crippen molar-refractivity contribution in [3.05, 3.63) is 0 Å². The van der Waals surface area contributed by atoms with Crippen LogP contribution in [0.3, 0.4) is 0 Å². The van der Waals surface area contributed by atoms with Crippen molar-refractivity contribution in [2.75, 3.05) is 13.1 Å². The molecule has 1 N–H and O–H groups in total. The molecule has 2 heteroatoms. The summed E-state index contributed by atoms with van der Waals surface area (Å²) in [6.45, 7) is 16.3. The van der Waals surface area contributed by atoms with E-state index in [9.17, 15) is 0 Å². The first-order valence-corrected chi connectivity index (χ1v) is 6.92. The number of hydrogen-bond acceptors (Lipinski definition) is 2. The van der Waals surface area contributed by atoms with Gasteiger partial charge in [0.25, 0.3) is 0 Å². The lowest BCUT2D eigenvalue weighted by atomic mass is 9.91. The Labute approximate surface area is 102 Å². The number of rotatable bonds is 4. The molecule has 1 aliphatic rings. The highest BCUT2D eigenvalue weighted by atomic mass is 15.3. The van der Waals surface area contributed by atoms with Crippen LogP contribution < -0.4 is 5.32 Å². The monoisotopic (exact) mass is 226 g/mol. The van der Waals surface area contributed by atoms with Crippen molar-refractivity contribution < 1.29 is 0 Å². The Bertz CT molecular complexity index is 213. The molecule has 1 rings (SSSR count). The summed E-state index contributed by atoms with van der Waals surface area (Å²) >= 11 is 0. The van der Waals surface area contributed by atoms with Crippen LogP contribution in [0.15, 0.2) is 0 Å². The normalized spacial score (nSPS) is 30.0. The van der Waals surface area contributed by atoms with Crippen molar-refractivity contribution in [2.45, 2.75) is 72.0 Å². The van der Waals surface area contributed by atoms with Crippen LogP contribution in [0.1, 0.15) is 54.4 Å². The second kappa shape index (κ2) is 5.50. The molecular weight excluding hydrogens is 196 g/mol. The minimum absolute atomic E-state index is 0.271. The van der Waals surface area contributed by atoms with Gasteiger partial charge in [0.05, 0.1) is 0 Å². The second-order valence-corrected chi connectivity index (χ2v) is 6.13. The molecule has 0 saturated carbocycles. The third kappa shape index (κ3) is 3.21. The highest BCUT2D eigenvalue weighted by Gasteiger charge is 2.35. The summed E-state index contributed by atoms with van der Waals surface area (Å²) in [4.78, 5) is 2.73. The predicted octanol–water partition coefficient (Wildman–Crippen LogP) is 2.88. The summed E-state index contributed by atoms with van der Waals surface area (Å²) in [6.07, 6.45) is 2.53. The first-order chi connectivity index (χ1) is 7.41. The van der Waals surface area contributed by atoms with Gasteiger partial charge in [-0.3, -0.25) is 4.90 Å². The van der Waals surface area contributed by atoms with E-state index in [0.29, 0.717) is 6.04 Å².